The van der Waals surface area contributed by atoms with Gasteiger partial charge < -0.3 is 9.80 Å². The minimum absolute atomic E-state index is 0.258. The van der Waals surface area contributed by atoms with Gasteiger partial charge in [0.15, 0.2) is 17.4 Å². The van der Waals surface area contributed by atoms with Crippen molar-refractivity contribution in [2.75, 3.05) is 13.6 Å². The highest BCUT2D eigenvalue weighted by molar-refractivity contribution is 8.13. The number of nitrogens with one attached hydrogen (secondary N) is 1. The highest BCUT2D eigenvalue weighted by Crippen LogP contribution is 2.30. The number of amidine groups is 1. The topological polar surface area (TPSA) is 65.0 Å². The third kappa shape index (κ3) is 3.13. The summed E-state index contributed by atoms with van der Waals surface area (Å²) in [6.07, 6.45) is 0.483. The van der Waals surface area contributed by atoms with Crippen molar-refractivity contribution in [3.8, 4) is 0 Å². The summed E-state index contributed by atoms with van der Waals surface area (Å²) in [6.45, 7) is 4.89. The molecule has 3 amide bonds. The molecule has 0 aromatic heterocycles. The molecule has 1 N–H and O–H groups in total. The van der Waals surface area contributed by atoms with Gasteiger partial charge in [0, 0.05) is 19.3 Å². The molecule has 24 heavy (non-hydrogen) atoms. The molecule has 0 spiro atoms. The maximum atomic E-state index is 12.3. The second-order valence-electron chi connectivity index (χ2n) is 6.14. The van der Waals surface area contributed by atoms with Crippen LogP contribution < -0.4 is 5.32 Å². The van der Waals surface area contributed by atoms with Crippen LogP contribution in [0.4, 0.5) is 4.79 Å². The standard InChI is InChI=1S/C17H22N4O2S/c1-4-9-21-13-14(20(3)16(23)19-15(13)22)18-17(21)24-10-12-7-5-11(2)6-8-12/h5-8,13-14H,4,9-10H2,1-3H3,(H,19,22,23). The van der Waals surface area contributed by atoms with E-state index in [1.165, 1.54) is 16.0 Å². The number of aryl methyl sites for hydroxylation is 1. The summed E-state index contributed by atoms with van der Waals surface area (Å²) in [5.41, 5.74) is 2.45. The number of rotatable bonds is 4. The summed E-state index contributed by atoms with van der Waals surface area (Å²) >= 11 is 1.62. The minimum Gasteiger partial charge on any atom is -0.336 e. The Balaban J connectivity index is 1.78. The Kier molecular flexibility index (Phi) is 4.80. The van der Waals surface area contributed by atoms with E-state index >= 15 is 0 Å². The van der Waals surface area contributed by atoms with Crippen molar-refractivity contribution in [1.82, 2.24) is 15.1 Å². The van der Waals surface area contributed by atoms with Crippen LogP contribution in [0.25, 0.3) is 0 Å². The molecule has 128 valence electrons. The van der Waals surface area contributed by atoms with Gasteiger partial charge in [0.25, 0.3) is 5.91 Å². The van der Waals surface area contributed by atoms with Crippen molar-refractivity contribution < 1.29 is 9.59 Å². The molecule has 0 aliphatic carbocycles. The van der Waals surface area contributed by atoms with Gasteiger partial charge in [0.2, 0.25) is 0 Å². The minimum atomic E-state index is -0.432. The first-order chi connectivity index (χ1) is 11.5. The third-order valence-electron chi connectivity index (χ3n) is 4.28. The normalized spacial score (nSPS) is 23.2. The maximum Gasteiger partial charge on any atom is 0.325 e. The number of aliphatic imine (C=N–C) groups is 1. The Morgan fingerprint density at radius 2 is 1.96 bits per heavy atom. The number of benzene rings is 1. The van der Waals surface area contributed by atoms with Crippen LogP contribution in [0.15, 0.2) is 29.3 Å². The fourth-order valence-corrected chi connectivity index (χ4v) is 3.97. The van der Waals surface area contributed by atoms with Crippen LogP contribution in [0.1, 0.15) is 24.5 Å². The van der Waals surface area contributed by atoms with Crippen LogP contribution in [0.3, 0.4) is 0 Å². The van der Waals surface area contributed by atoms with Crippen molar-refractivity contribution in [2.24, 2.45) is 4.99 Å². The number of nitrogens with zero attached hydrogens (tertiary/aromatic N) is 3. The number of carbonyl (C=O) groups excluding carboxylic acids is 2. The number of carbonyl (C=O) groups is 2. The van der Waals surface area contributed by atoms with Crippen LogP contribution >= 0.6 is 11.8 Å². The van der Waals surface area contributed by atoms with Crippen LogP contribution in [-0.2, 0) is 10.5 Å². The van der Waals surface area contributed by atoms with E-state index in [0.29, 0.717) is 0 Å². The van der Waals surface area contributed by atoms with Crippen molar-refractivity contribution in [1.29, 1.82) is 0 Å². The average Bonchev–Trinajstić information content (AvgIpc) is 2.92. The van der Waals surface area contributed by atoms with Gasteiger partial charge in [0.05, 0.1) is 0 Å². The third-order valence-corrected chi connectivity index (χ3v) is 5.35. The van der Waals surface area contributed by atoms with Crippen LogP contribution in [0, 0.1) is 6.92 Å². The lowest BCUT2D eigenvalue weighted by Crippen LogP contribution is -2.63. The zero-order valence-electron chi connectivity index (χ0n) is 14.2. The first kappa shape index (κ1) is 16.8. The second-order valence-corrected chi connectivity index (χ2v) is 7.09. The van der Waals surface area contributed by atoms with Gasteiger partial charge in [0.1, 0.15) is 0 Å². The Morgan fingerprint density at radius 1 is 1.25 bits per heavy atom. The second kappa shape index (κ2) is 6.84. The predicted molar refractivity (Wildman–Crippen MR) is 95.8 cm³/mol. The SMILES string of the molecule is CCCN1C(SCc2ccc(C)cc2)=NC2C1C(=O)NC(=O)N2C. The Hall–Kier alpha value is -2.02. The van der Waals surface area contributed by atoms with Crippen molar-refractivity contribution in [3.63, 3.8) is 0 Å². The summed E-state index contributed by atoms with van der Waals surface area (Å²) in [5, 5.41) is 3.25. The molecule has 0 saturated carbocycles. The monoisotopic (exact) mass is 346 g/mol. The van der Waals surface area contributed by atoms with Gasteiger partial charge in [-0.25, -0.2) is 9.79 Å². The fourth-order valence-electron chi connectivity index (χ4n) is 2.93. The molecular weight excluding hydrogens is 324 g/mol. The number of amides is 3. The molecule has 1 saturated heterocycles. The predicted octanol–water partition coefficient (Wildman–Crippen LogP) is 2.19. The van der Waals surface area contributed by atoms with Crippen molar-refractivity contribution >= 4 is 28.9 Å². The number of likely N-dealkylation sites (N-methyl/N-ethyl adjacent to an activating group) is 1. The highest BCUT2D eigenvalue weighted by Gasteiger charge is 2.48. The zero-order valence-corrected chi connectivity index (χ0v) is 15.0. The molecule has 6 nitrogen and oxygen atoms in total. The molecule has 0 radical (unpaired) electrons. The lowest BCUT2D eigenvalue weighted by Gasteiger charge is -2.36. The van der Waals surface area contributed by atoms with E-state index in [1.54, 1.807) is 18.8 Å². The van der Waals surface area contributed by atoms with Gasteiger partial charge in [-0.2, -0.15) is 0 Å². The van der Waals surface area contributed by atoms with E-state index in [9.17, 15) is 9.59 Å². The number of fused-ring (bicyclic) bond motifs is 1. The summed E-state index contributed by atoms with van der Waals surface area (Å²) in [5.74, 6) is 0.532. The van der Waals surface area contributed by atoms with Gasteiger partial charge >= 0.3 is 6.03 Å². The van der Waals surface area contributed by atoms with E-state index < -0.39 is 12.2 Å². The smallest absolute Gasteiger partial charge is 0.325 e. The largest absolute Gasteiger partial charge is 0.336 e. The number of hydrogen-bond acceptors (Lipinski definition) is 5. The molecule has 0 bridgehead atoms. The molecule has 2 heterocycles. The number of imide groups is 1. The van der Waals surface area contributed by atoms with Crippen molar-refractivity contribution in [3.05, 3.63) is 35.4 Å². The van der Waals surface area contributed by atoms with Gasteiger partial charge in [-0.1, -0.05) is 48.5 Å². The van der Waals surface area contributed by atoms with E-state index in [4.69, 9.17) is 0 Å². The number of thioether (sulfide) groups is 1. The lowest BCUT2D eigenvalue weighted by atomic mass is 10.1. The van der Waals surface area contributed by atoms with Gasteiger partial charge in [-0.15, -0.1) is 0 Å². The van der Waals surface area contributed by atoms with Crippen LogP contribution in [0.2, 0.25) is 0 Å². The zero-order chi connectivity index (χ0) is 17.3. The highest BCUT2D eigenvalue weighted by atomic mass is 32.2. The number of urea groups is 1. The van der Waals surface area contributed by atoms with E-state index in [0.717, 1.165) is 23.9 Å². The summed E-state index contributed by atoms with van der Waals surface area (Å²) in [6, 6.07) is 7.60. The molecular formula is C17H22N4O2S. The van der Waals surface area contributed by atoms with E-state index in [1.807, 2.05) is 4.90 Å². The van der Waals surface area contributed by atoms with Crippen LogP contribution in [0.5, 0.6) is 0 Å². The molecule has 1 aromatic carbocycles. The molecule has 1 aromatic rings. The number of hydrogen-bond donors (Lipinski definition) is 1. The van der Waals surface area contributed by atoms with Gasteiger partial charge in [-0.05, 0) is 18.9 Å². The summed E-state index contributed by atoms with van der Waals surface area (Å²) in [7, 11) is 1.68. The molecule has 7 heteroatoms. The van der Waals surface area contributed by atoms with Crippen molar-refractivity contribution in [2.45, 2.75) is 38.2 Å². The Bertz CT molecular complexity index is 674. The molecule has 3 rings (SSSR count). The lowest BCUT2D eigenvalue weighted by molar-refractivity contribution is -0.127. The molecule has 2 aliphatic rings. The maximum absolute atomic E-state index is 12.3. The fraction of sp³-hybridized carbons (Fsp3) is 0.471. The summed E-state index contributed by atoms with van der Waals surface area (Å²) < 4.78 is 0. The molecule has 2 atom stereocenters. The Labute approximate surface area is 146 Å². The first-order valence-corrected chi connectivity index (χ1v) is 9.10. The molecule has 1 fully saturated rings. The quantitative estimate of drug-likeness (QED) is 0.908. The summed E-state index contributed by atoms with van der Waals surface area (Å²) in [4.78, 5) is 32.3. The molecule has 2 unspecified atom stereocenters. The molecule has 2 aliphatic heterocycles. The van der Waals surface area contributed by atoms with Crippen LogP contribution in [-0.4, -0.2) is 52.7 Å². The Morgan fingerprint density at radius 3 is 2.62 bits per heavy atom. The first-order valence-electron chi connectivity index (χ1n) is 8.11. The van der Waals surface area contributed by atoms with Gasteiger partial charge in [-0.3, -0.25) is 10.1 Å². The van der Waals surface area contributed by atoms with E-state index in [2.05, 4.69) is 48.4 Å². The van der Waals surface area contributed by atoms with E-state index in [-0.39, 0.29) is 11.9 Å². The average molecular weight is 346 g/mol.